The van der Waals surface area contributed by atoms with Crippen LogP contribution < -0.4 is 5.32 Å². The summed E-state index contributed by atoms with van der Waals surface area (Å²) < 4.78 is 0. The van der Waals surface area contributed by atoms with Gasteiger partial charge < -0.3 is 5.32 Å². The van der Waals surface area contributed by atoms with Crippen molar-refractivity contribution in [3.8, 4) is 0 Å². The van der Waals surface area contributed by atoms with Crippen LogP contribution in [0.5, 0.6) is 0 Å². The first-order chi connectivity index (χ1) is 7.76. The molecule has 0 amide bonds. The third kappa shape index (κ3) is 5.04. The van der Waals surface area contributed by atoms with E-state index in [0.717, 1.165) is 6.54 Å². The summed E-state index contributed by atoms with van der Waals surface area (Å²) in [6, 6.07) is 9.44. The molecule has 1 aromatic rings. The third-order valence-corrected chi connectivity index (χ3v) is 3.82. The average Bonchev–Trinajstić information content (AvgIpc) is 2.32. The second-order valence-corrected chi connectivity index (χ2v) is 5.28. The van der Waals surface area contributed by atoms with Crippen LogP contribution in [0.15, 0.2) is 29.2 Å². The van der Waals surface area contributed by atoms with E-state index in [1.54, 1.807) is 0 Å². The molecule has 0 saturated carbocycles. The number of rotatable bonds is 7. The molecule has 0 bridgehead atoms. The van der Waals surface area contributed by atoms with E-state index in [0.29, 0.717) is 6.04 Å². The predicted molar refractivity (Wildman–Crippen MR) is 74.3 cm³/mol. The Hall–Kier alpha value is -0.470. The Labute approximate surface area is 104 Å². The SMILES string of the molecule is CCCNC(CC)CSc1ccc(C)cc1. The maximum Gasteiger partial charge on any atom is 0.0159 e. The van der Waals surface area contributed by atoms with Crippen molar-refractivity contribution in [3.63, 3.8) is 0 Å². The van der Waals surface area contributed by atoms with Gasteiger partial charge in [-0.1, -0.05) is 31.5 Å². The van der Waals surface area contributed by atoms with Gasteiger partial charge in [-0.3, -0.25) is 0 Å². The zero-order valence-electron chi connectivity index (χ0n) is 10.6. The van der Waals surface area contributed by atoms with Crippen LogP contribution in [0.25, 0.3) is 0 Å². The zero-order chi connectivity index (χ0) is 11.8. The van der Waals surface area contributed by atoms with E-state index in [9.17, 15) is 0 Å². The first-order valence-corrected chi connectivity index (χ1v) is 7.17. The lowest BCUT2D eigenvalue weighted by Crippen LogP contribution is -2.31. The van der Waals surface area contributed by atoms with Crippen molar-refractivity contribution in [2.75, 3.05) is 12.3 Å². The van der Waals surface area contributed by atoms with Crippen molar-refractivity contribution >= 4 is 11.8 Å². The number of benzene rings is 1. The van der Waals surface area contributed by atoms with Crippen LogP contribution in [0.4, 0.5) is 0 Å². The Morgan fingerprint density at radius 2 is 1.88 bits per heavy atom. The van der Waals surface area contributed by atoms with E-state index in [-0.39, 0.29) is 0 Å². The monoisotopic (exact) mass is 237 g/mol. The first-order valence-electron chi connectivity index (χ1n) is 6.19. The molecule has 0 heterocycles. The molecule has 1 aromatic carbocycles. The van der Waals surface area contributed by atoms with E-state index in [4.69, 9.17) is 0 Å². The van der Waals surface area contributed by atoms with Crippen molar-refractivity contribution in [1.82, 2.24) is 5.32 Å². The van der Waals surface area contributed by atoms with Crippen LogP contribution in [0.3, 0.4) is 0 Å². The summed E-state index contributed by atoms with van der Waals surface area (Å²) >= 11 is 1.95. The Balaban J connectivity index is 2.34. The van der Waals surface area contributed by atoms with E-state index in [1.807, 2.05) is 11.8 Å². The molecule has 1 rings (SSSR count). The maximum absolute atomic E-state index is 3.58. The number of hydrogen-bond donors (Lipinski definition) is 1. The van der Waals surface area contributed by atoms with Crippen molar-refractivity contribution in [2.24, 2.45) is 0 Å². The highest BCUT2D eigenvalue weighted by Gasteiger charge is 2.05. The van der Waals surface area contributed by atoms with E-state index in [2.05, 4.69) is 50.4 Å². The molecule has 0 aliphatic rings. The molecule has 1 unspecified atom stereocenters. The molecule has 2 heteroatoms. The Morgan fingerprint density at radius 1 is 1.19 bits per heavy atom. The number of nitrogens with one attached hydrogen (secondary N) is 1. The zero-order valence-corrected chi connectivity index (χ0v) is 11.4. The van der Waals surface area contributed by atoms with Gasteiger partial charge in [0.25, 0.3) is 0 Å². The highest BCUT2D eigenvalue weighted by molar-refractivity contribution is 7.99. The molecule has 0 aromatic heterocycles. The molecule has 90 valence electrons. The molecule has 0 aliphatic heterocycles. The largest absolute Gasteiger partial charge is 0.313 e. The van der Waals surface area contributed by atoms with Crippen molar-refractivity contribution < 1.29 is 0 Å². The standard InChI is InChI=1S/C14H23NS/c1-4-10-15-13(5-2)11-16-14-8-6-12(3)7-9-14/h6-9,13,15H,4-5,10-11H2,1-3H3. The van der Waals surface area contributed by atoms with Gasteiger partial charge in [0, 0.05) is 16.7 Å². The lowest BCUT2D eigenvalue weighted by atomic mass is 10.2. The minimum atomic E-state index is 0.645. The van der Waals surface area contributed by atoms with Crippen LogP contribution in [-0.4, -0.2) is 18.3 Å². The fourth-order valence-corrected chi connectivity index (χ4v) is 2.58. The van der Waals surface area contributed by atoms with E-state index < -0.39 is 0 Å². The molecule has 0 spiro atoms. The maximum atomic E-state index is 3.58. The van der Waals surface area contributed by atoms with Crippen LogP contribution in [0, 0.1) is 6.92 Å². The van der Waals surface area contributed by atoms with Crippen molar-refractivity contribution in [2.45, 2.75) is 44.6 Å². The van der Waals surface area contributed by atoms with Crippen molar-refractivity contribution in [1.29, 1.82) is 0 Å². The van der Waals surface area contributed by atoms with Crippen LogP contribution in [0.1, 0.15) is 32.3 Å². The quantitative estimate of drug-likeness (QED) is 0.723. The summed E-state index contributed by atoms with van der Waals surface area (Å²) in [7, 11) is 0. The molecule has 0 radical (unpaired) electrons. The Bertz CT molecular complexity index is 281. The van der Waals surface area contributed by atoms with Crippen LogP contribution in [-0.2, 0) is 0 Å². The molecule has 0 aliphatic carbocycles. The van der Waals surface area contributed by atoms with E-state index >= 15 is 0 Å². The van der Waals surface area contributed by atoms with Gasteiger partial charge in [-0.2, -0.15) is 0 Å². The lowest BCUT2D eigenvalue weighted by Gasteiger charge is -2.15. The second-order valence-electron chi connectivity index (χ2n) is 4.18. The topological polar surface area (TPSA) is 12.0 Å². The summed E-state index contributed by atoms with van der Waals surface area (Å²) in [6.07, 6.45) is 2.42. The summed E-state index contributed by atoms with van der Waals surface area (Å²) in [5.74, 6) is 1.17. The first kappa shape index (κ1) is 13.6. The third-order valence-electron chi connectivity index (χ3n) is 2.65. The molecule has 1 nitrogen and oxygen atoms in total. The van der Waals surface area contributed by atoms with Gasteiger partial charge in [-0.25, -0.2) is 0 Å². The fraction of sp³-hybridized carbons (Fsp3) is 0.571. The van der Waals surface area contributed by atoms with Crippen LogP contribution >= 0.6 is 11.8 Å². The van der Waals surface area contributed by atoms with Gasteiger partial charge in [-0.15, -0.1) is 11.8 Å². The molecule has 0 fully saturated rings. The molecule has 1 N–H and O–H groups in total. The smallest absolute Gasteiger partial charge is 0.0159 e. The average molecular weight is 237 g/mol. The lowest BCUT2D eigenvalue weighted by molar-refractivity contribution is 0.539. The van der Waals surface area contributed by atoms with Gasteiger partial charge in [0.15, 0.2) is 0 Å². The predicted octanol–water partition coefficient (Wildman–Crippen LogP) is 3.87. The van der Waals surface area contributed by atoms with Gasteiger partial charge >= 0.3 is 0 Å². The highest BCUT2D eigenvalue weighted by Crippen LogP contribution is 2.19. The molecule has 1 atom stereocenters. The molecular formula is C14H23NS. The summed E-state index contributed by atoms with van der Waals surface area (Å²) in [5.41, 5.74) is 1.33. The fourth-order valence-electron chi connectivity index (χ4n) is 1.50. The molecule has 16 heavy (non-hydrogen) atoms. The minimum Gasteiger partial charge on any atom is -0.313 e. The molecule has 0 saturated heterocycles. The molecular weight excluding hydrogens is 214 g/mol. The normalized spacial score (nSPS) is 12.7. The summed E-state index contributed by atoms with van der Waals surface area (Å²) in [6.45, 7) is 7.73. The number of hydrogen-bond acceptors (Lipinski definition) is 2. The minimum absolute atomic E-state index is 0.645. The Morgan fingerprint density at radius 3 is 2.44 bits per heavy atom. The van der Waals surface area contributed by atoms with Gasteiger partial charge in [0.05, 0.1) is 0 Å². The van der Waals surface area contributed by atoms with Gasteiger partial charge in [0.1, 0.15) is 0 Å². The van der Waals surface area contributed by atoms with Gasteiger partial charge in [0.2, 0.25) is 0 Å². The summed E-state index contributed by atoms with van der Waals surface area (Å²) in [4.78, 5) is 1.38. The van der Waals surface area contributed by atoms with E-state index in [1.165, 1.54) is 29.1 Å². The van der Waals surface area contributed by atoms with Gasteiger partial charge in [-0.05, 0) is 38.4 Å². The summed E-state index contributed by atoms with van der Waals surface area (Å²) in [5, 5.41) is 3.58. The number of thioether (sulfide) groups is 1. The van der Waals surface area contributed by atoms with Crippen LogP contribution in [0.2, 0.25) is 0 Å². The van der Waals surface area contributed by atoms with Crippen molar-refractivity contribution in [3.05, 3.63) is 29.8 Å². The highest BCUT2D eigenvalue weighted by atomic mass is 32.2. The number of aryl methyl sites for hydroxylation is 1. The second kappa shape index (κ2) is 7.75. The Kier molecular flexibility index (Phi) is 6.58.